The molecule has 0 saturated heterocycles. The minimum Gasteiger partial charge on any atom is -0.746 e. The molecule has 0 N–H and O–H groups in total. The first kappa shape index (κ1) is 29.9. The molecule has 0 aromatic heterocycles. The van der Waals surface area contributed by atoms with Crippen molar-refractivity contribution in [1.29, 1.82) is 0 Å². The molecule has 0 aromatic carbocycles. The molecule has 0 radical (unpaired) electrons. The van der Waals surface area contributed by atoms with Crippen LogP contribution < -0.4 is 29.6 Å². The van der Waals surface area contributed by atoms with Gasteiger partial charge in [-0.1, -0.05) is 53.4 Å². The van der Waals surface area contributed by atoms with Gasteiger partial charge in [0.25, 0.3) is 0 Å². The van der Waals surface area contributed by atoms with E-state index in [2.05, 4.69) is 18.7 Å². The molecule has 0 amide bonds. The van der Waals surface area contributed by atoms with E-state index in [1.807, 2.05) is 6.92 Å². The molecule has 27 heavy (non-hydrogen) atoms. The second kappa shape index (κ2) is 16.5. The van der Waals surface area contributed by atoms with Crippen LogP contribution >= 0.6 is 0 Å². The molecule has 0 rings (SSSR count). The predicted molar refractivity (Wildman–Crippen MR) is 99.0 cm³/mol. The van der Waals surface area contributed by atoms with Crippen LogP contribution in [0, 0.1) is 11.3 Å². The van der Waals surface area contributed by atoms with Gasteiger partial charge in [-0.25, -0.2) is 28.0 Å². The minimum atomic E-state index is -4.65. The Morgan fingerprint density at radius 1 is 1.04 bits per heavy atom. The normalized spacial score (nSPS) is 16.4. The van der Waals surface area contributed by atoms with Gasteiger partial charge in [-0.05, 0) is 31.6 Å². The summed E-state index contributed by atoms with van der Waals surface area (Å²) < 4.78 is 35.1. The minimum absolute atomic E-state index is 0. The van der Waals surface area contributed by atoms with E-state index in [4.69, 9.17) is 14.7 Å². The molecule has 0 heterocycles. The van der Waals surface area contributed by atoms with Crippen LogP contribution in [-0.4, -0.2) is 38.7 Å². The Balaban J connectivity index is 0. The summed E-state index contributed by atoms with van der Waals surface area (Å²) in [5.41, 5.74) is -2.33. The third-order valence-corrected chi connectivity index (χ3v) is 6.18. The Hall–Kier alpha value is 0.750. The Kier molecular flexibility index (Phi) is 18.3. The first-order chi connectivity index (χ1) is 12.2. The van der Waals surface area contributed by atoms with Crippen LogP contribution in [0.1, 0.15) is 79.1 Å². The Bertz CT molecular complexity index is 447. The van der Waals surface area contributed by atoms with Crippen molar-refractivity contribution in [1.82, 2.24) is 0 Å². The Morgan fingerprint density at radius 2 is 1.63 bits per heavy atom. The van der Waals surface area contributed by atoms with E-state index >= 15 is 0 Å². The molecule has 0 aromatic rings. The van der Waals surface area contributed by atoms with E-state index in [0.717, 1.165) is 25.7 Å². The summed E-state index contributed by atoms with van der Waals surface area (Å²) in [5.74, 6) is 0.663. The molecule has 9 heteroatoms. The summed E-state index contributed by atoms with van der Waals surface area (Å²) >= 11 is 0. The molecular formula is C18H37NaO7S. The second-order valence-electron chi connectivity index (χ2n) is 7.21. The topological polar surface area (TPSA) is 94.1 Å². The first-order valence-electron chi connectivity index (χ1n) is 9.59. The maximum atomic E-state index is 11.7. The zero-order valence-electron chi connectivity index (χ0n) is 18.0. The van der Waals surface area contributed by atoms with Crippen LogP contribution in [0.5, 0.6) is 0 Å². The van der Waals surface area contributed by atoms with Gasteiger partial charge in [-0.2, -0.15) is 0 Å². The van der Waals surface area contributed by atoms with Crippen LogP contribution in [-0.2, 0) is 29.7 Å². The summed E-state index contributed by atoms with van der Waals surface area (Å²) in [4.78, 5) is 19.5. The molecule has 0 aliphatic carbocycles. The summed E-state index contributed by atoms with van der Waals surface area (Å²) in [6.07, 6.45) is 6.38. The molecule has 0 fully saturated rings. The van der Waals surface area contributed by atoms with Gasteiger partial charge in [-0.3, -0.25) is 0 Å². The summed E-state index contributed by atoms with van der Waals surface area (Å²) in [6, 6.07) is 0. The Labute approximate surface area is 187 Å². The van der Waals surface area contributed by atoms with Crippen LogP contribution in [0.4, 0.5) is 0 Å². The van der Waals surface area contributed by atoms with Gasteiger partial charge in [0, 0.05) is 5.41 Å². The molecule has 158 valence electrons. The maximum absolute atomic E-state index is 11.7. The molecular weight excluding hydrogens is 383 g/mol. The van der Waals surface area contributed by atoms with E-state index in [9.17, 15) is 13.0 Å². The second-order valence-corrected chi connectivity index (χ2v) is 8.62. The summed E-state index contributed by atoms with van der Waals surface area (Å²) in [7, 11) is -3.21. The molecule has 0 spiro atoms. The van der Waals surface area contributed by atoms with E-state index in [1.165, 1.54) is 7.11 Å². The van der Waals surface area contributed by atoms with Gasteiger partial charge in [0.05, 0.1) is 20.3 Å². The first-order valence-corrected chi connectivity index (χ1v) is 11.1. The van der Waals surface area contributed by atoms with Crippen LogP contribution in [0.25, 0.3) is 0 Å². The number of rotatable bonds is 17. The van der Waals surface area contributed by atoms with Crippen LogP contribution in [0.15, 0.2) is 0 Å². The largest absolute Gasteiger partial charge is 1.00 e. The van der Waals surface area contributed by atoms with E-state index < -0.39 is 21.0 Å². The zero-order chi connectivity index (χ0) is 20.1. The molecule has 0 aliphatic rings. The molecule has 0 bridgehead atoms. The Morgan fingerprint density at radius 3 is 2.15 bits per heavy atom. The smallest absolute Gasteiger partial charge is 0.746 e. The van der Waals surface area contributed by atoms with E-state index in [-0.39, 0.29) is 36.2 Å². The average Bonchev–Trinajstić information content (AvgIpc) is 2.59. The standard InChI is InChI=1S/C18H38O7S.Na/c1-6-16(3)12-8-10-15-24-25-17(26(19,20)21)18(4,7-2)13-9-11-14-23-22-5;/h16-17H,6-15H2,1-5H3,(H,19,20,21);/q;+1/p-1. The number of hydrogen-bond donors (Lipinski definition) is 0. The summed E-state index contributed by atoms with van der Waals surface area (Å²) in [5, 5.41) is 0. The van der Waals surface area contributed by atoms with Crippen LogP contribution in [0.3, 0.4) is 0 Å². The van der Waals surface area contributed by atoms with Crippen molar-refractivity contribution >= 4 is 10.1 Å². The van der Waals surface area contributed by atoms with Gasteiger partial charge in [0.1, 0.15) is 10.1 Å². The number of unbranched alkanes of at least 4 members (excludes halogenated alkanes) is 2. The van der Waals surface area contributed by atoms with Crippen LogP contribution in [0.2, 0.25) is 0 Å². The molecule has 3 unspecified atom stereocenters. The van der Waals surface area contributed by atoms with Crippen molar-refractivity contribution < 1.29 is 62.1 Å². The van der Waals surface area contributed by atoms with Gasteiger partial charge < -0.3 is 4.55 Å². The number of hydrogen-bond acceptors (Lipinski definition) is 7. The molecule has 0 saturated carbocycles. The average molecular weight is 421 g/mol. The van der Waals surface area contributed by atoms with Gasteiger partial charge in [0.15, 0.2) is 5.44 Å². The van der Waals surface area contributed by atoms with Gasteiger partial charge in [-0.15, -0.1) is 0 Å². The van der Waals surface area contributed by atoms with Crippen molar-refractivity contribution in [3.63, 3.8) is 0 Å². The maximum Gasteiger partial charge on any atom is 1.00 e. The third-order valence-electron chi connectivity index (χ3n) is 5.01. The van der Waals surface area contributed by atoms with Gasteiger partial charge >= 0.3 is 29.6 Å². The van der Waals surface area contributed by atoms with Crippen molar-refractivity contribution in [2.75, 3.05) is 20.3 Å². The fourth-order valence-corrected chi connectivity index (χ4v) is 3.85. The van der Waals surface area contributed by atoms with Crippen molar-refractivity contribution in [3.8, 4) is 0 Å². The fraction of sp³-hybridized carbons (Fsp3) is 1.00. The monoisotopic (exact) mass is 420 g/mol. The molecule has 7 nitrogen and oxygen atoms in total. The zero-order valence-corrected chi connectivity index (χ0v) is 20.8. The molecule has 3 atom stereocenters. The summed E-state index contributed by atoms with van der Waals surface area (Å²) in [6.45, 7) is 8.64. The third kappa shape index (κ3) is 13.6. The van der Waals surface area contributed by atoms with Crippen molar-refractivity contribution in [3.05, 3.63) is 0 Å². The van der Waals surface area contributed by atoms with E-state index in [0.29, 0.717) is 38.2 Å². The van der Waals surface area contributed by atoms with Crippen molar-refractivity contribution in [2.24, 2.45) is 11.3 Å². The quantitative estimate of drug-likeness (QED) is 0.115. The fourth-order valence-electron chi connectivity index (χ4n) is 2.72. The predicted octanol–water partition coefficient (Wildman–Crippen LogP) is 1.19. The molecule has 0 aliphatic heterocycles. The van der Waals surface area contributed by atoms with Gasteiger partial charge in [0.2, 0.25) is 0 Å². The van der Waals surface area contributed by atoms with Crippen molar-refractivity contribution in [2.45, 2.75) is 84.5 Å². The van der Waals surface area contributed by atoms with E-state index in [1.54, 1.807) is 6.92 Å². The SMILES string of the molecule is CCC(C)CCCCOOC(C(C)(CC)CCCCOOC)S(=O)(=O)[O-].[Na+].